The van der Waals surface area contributed by atoms with Gasteiger partial charge in [-0.1, -0.05) is 38.2 Å². The monoisotopic (exact) mass is 262 g/mol. The maximum absolute atomic E-state index is 11.6. The van der Waals surface area contributed by atoms with Gasteiger partial charge in [0.1, 0.15) is 11.3 Å². The van der Waals surface area contributed by atoms with Crippen molar-refractivity contribution in [1.82, 2.24) is 0 Å². The highest BCUT2D eigenvalue weighted by atomic mass is 16.5. The van der Waals surface area contributed by atoms with Crippen LogP contribution in [0, 0.1) is 5.92 Å². The van der Waals surface area contributed by atoms with Crippen molar-refractivity contribution in [2.45, 2.75) is 38.5 Å². The average Bonchev–Trinajstić information content (AvgIpc) is 2.47. The SMILES string of the molecule is COC(=O)c1ccc(CC2CCCCC2)cc1OC. The Kier molecular flexibility index (Phi) is 4.83. The smallest absolute Gasteiger partial charge is 0.341 e. The van der Waals surface area contributed by atoms with E-state index in [2.05, 4.69) is 0 Å². The normalized spacial score (nSPS) is 16.1. The molecule has 1 aromatic carbocycles. The first-order chi connectivity index (χ1) is 9.24. The van der Waals surface area contributed by atoms with Crippen molar-refractivity contribution in [3.63, 3.8) is 0 Å². The number of carbonyl (C=O) groups excluding carboxylic acids is 1. The highest BCUT2D eigenvalue weighted by Gasteiger charge is 2.17. The number of ether oxygens (including phenoxy) is 2. The molecule has 3 heteroatoms. The minimum absolute atomic E-state index is 0.346. The van der Waals surface area contributed by atoms with E-state index in [1.807, 2.05) is 18.2 Å². The number of benzene rings is 1. The third-order valence-corrected chi connectivity index (χ3v) is 3.92. The quantitative estimate of drug-likeness (QED) is 0.778. The van der Waals surface area contributed by atoms with Gasteiger partial charge in [-0.2, -0.15) is 0 Å². The summed E-state index contributed by atoms with van der Waals surface area (Å²) in [6, 6.07) is 5.80. The molecule has 1 aliphatic rings. The van der Waals surface area contributed by atoms with Gasteiger partial charge >= 0.3 is 5.97 Å². The molecule has 1 fully saturated rings. The lowest BCUT2D eigenvalue weighted by atomic mass is 9.85. The summed E-state index contributed by atoms with van der Waals surface area (Å²) in [6.07, 6.45) is 7.80. The van der Waals surface area contributed by atoms with Crippen molar-refractivity contribution in [2.24, 2.45) is 5.92 Å². The fourth-order valence-corrected chi connectivity index (χ4v) is 2.87. The number of carbonyl (C=O) groups is 1. The molecule has 19 heavy (non-hydrogen) atoms. The van der Waals surface area contributed by atoms with E-state index in [1.54, 1.807) is 7.11 Å². The summed E-state index contributed by atoms with van der Waals surface area (Å²) in [6.45, 7) is 0. The van der Waals surface area contributed by atoms with E-state index >= 15 is 0 Å². The van der Waals surface area contributed by atoms with Gasteiger partial charge in [-0.05, 0) is 30.0 Å². The minimum atomic E-state index is -0.346. The predicted octanol–water partition coefficient (Wildman–Crippen LogP) is 3.60. The first-order valence-corrected chi connectivity index (χ1v) is 7.00. The molecule has 3 nitrogen and oxygen atoms in total. The second-order valence-corrected chi connectivity index (χ2v) is 5.23. The molecule has 1 saturated carbocycles. The van der Waals surface area contributed by atoms with Crippen molar-refractivity contribution < 1.29 is 14.3 Å². The fraction of sp³-hybridized carbons (Fsp3) is 0.562. The molecule has 2 rings (SSSR count). The standard InChI is InChI=1S/C16H22O3/c1-18-15-11-13(8-9-14(15)16(17)19-2)10-12-6-4-3-5-7-12/h8-9,11-12H,3-7,10H2,1-2H3. The van der Waals surface area contributed by atoms with Gasteiger partial charge in [0.05, 0.1) is 14.2 Å². The van der Waals surface area contributed by atoms with Crippen LogP contribution in [-0.2, 0) is 11.2 Å². The lowest BCUT2D eigenvalue weighted by Crippen LogP contribution is -2.10. The van der Waals surface area contributed by atoms with E-state index in [0.29, 0.717) is 11.3 Å². The van der Waals surface area contributed by atoms with Crippen molar-refractivity contribution in [1.29, 1.82) is 0 Å². The Bertz CT molecular complexity index is 434. The molecule has 0 N–H and O–H groups in total. The summed E-state index contributed by atoms with van der Waals surface area (Å²) < 4.78 is 10.0. The van der Waals surface area contributed by atoms with Crippen LogP contribution in [0.4, 0.5) is 0 Å². The van der Waals surface area contributed by atoms with E-state index in [1.165, 1.54) is 44.8 Å². The van der Waals surface area contributed by atoms with Crippen LogP contribution in [0.15, 0.2) is 18.2 Å². The van der Waals surface area contributed by atoms with Crippen LogP contribution in [0.5, 0.6) is 5.75 Å². The topological polar surface area (TPSA) is 35.5 Å². The van der Waals surface area contributed by atoms with E-state index < -0.39 is 0 Å². The molecule has 0 atom stereocenters. The largest absolute Gasteiger partial charge is 0.496 e. The molecule has 0 bridgehead atoms. The second kappa shape index (κ2) is 6.60. The molecule has 0 aliphatic heterocycles. The van der Waals surface area contributed by atoms with Crippen molar-refractivity contribution in [2.75, 3.05) is 14.2 Å². The second-order valence-electron chi connectivity index (χ2n) is 5.23. The first kappa shape index (κ1) is 13.9. The Labute approximate surface area is 114 Å². The Hall–Kier alpha value is -1.51. The maximum atomic E-state index is 11.6. The Balaban J connectivity index is 2.11. The molecule has 0 saturated heterocycles. The van der Waals surface area contributed by atoms with Gasteiger partial charge in [-0.25, -0.2) is 4.79 Å². The summed E-state index contributed by atoms with van der Waals surface area (Å²) in [5.41, 5.74) is 1.74. The van der Waals surface area contributed by atoms with Crippen LogP contribution in [0.3, 0.4) is 0 Å². The van der Waals surface area contributed by atoms with Crippen molar-refractivity contribution in [3.05, 3.63) is 29.3 Å². The zero-order valence-electron chi connectivity index (χ0n) is 11.8. The van der Waals surface area contributed by atoms with Gasteiger partial charge in [-0.15, -0.1) is 0 Å². The molecular weight excluding hydrogens is 240 g/mol. The van der Waals surface area contributed by atoms with Crippen LogP contribution < -0.4 is 4.74 Å². The summed E-state index contributed by atoms with van der Waals surface area (Å²) in [7, 11) is 2.98. The van der Waals surface area contributed by atoms with Gasteiger partial charge in [0, 0.05) is 0 Å². The van der Waals surface area contributed by atoms with Gasteiger partial charge < -0.3 is 9.47 Å². The number of rotatable bonds is 4. The molecule has 0 spiro atoms. The van der Waals surface area contributed by atoms with Gasteiger partial charge in [0.2, 0.25) is 0 Å². The van der Waals surface area contributed by atoms with E-state index in [4.69, 9.17) is 9.47 Å². The van der Waals surface area contributed by atoms with Crippen LogP contribution in [0.25, 0.3) is 0 Å². The summed E-state index contributed by atoms with van der Waals surface area (Å²) in [5, 5.41) is 0. The van der Waals surface area contributed by atoms with Gasteiger partial charge in [0.15, 0.2) is 0 Å². The minimum Gasteiger partial charge on any atom is -0.496 e. The zero-order valence-corrected chi connectivity index (χ0v) is 11.8. The molecule has 104 valence electrons. The zero-order chi connectivity index (χ0) is 13.7. The molecule has 0 aromatic heterocycles. The third kappa shape index (κ3) is 3.49. The summed E-state index contributed by atoms with van der Waals surface area (Å²) in [4.78, 5) is 11.6. The van der Waals surface area contributed by atoms with E-state index in [0.717, 1.165) is 12.3 Å². The molecule has 0 heterocycles. The predicted molar refractivity (Wildman–Crippen MR) is 74.6 cm³/mol. The van der Waals surface area contributed by atoms with Gasteiger partial charge in [-0.3, -0.25) is 0 Å². The lowest BCUT2D eigenvalue weighted by molar-refractivity contribution is 0.0597. The van der Waals surface area contributed by atoms with Crippen LogP contribution in [0.2, 0.25) is 0 Å². The first-order valence-electron chi connectivity index (χ1n) is 7.00. The highest BCUT2D eigenvalue weighted by molar-refractivity contribution is 5.92. The molecular formula is C16H22O3. The number of esters is 1. The molecule has 0 amide bonds. The van der Waals surface area contributed by atoms with E-state index in [9.17, 15) is 4.79 Å². The van der Waals surface area contributed by atoms with Crippen LogP contribution in [0.1, 0.15) is 48.0 Å². The molecule has 1 aliphatic carbocycles. The Morgan fingerprint density at radius 1 is 1.21 bits per heavy atom. The number of hydrogen-bond acceptors (Lipinski definition) is 3. The lowest BCUT2D eigenvalue weighted by Gasteiger charge is -2.21. The average molecular weight is 262 g/mol. The van der Waals surface area contributed by atoms with Crippen LogP contribution >= 0.6 is 0 Å². The Morgan fingerprint density at radius 2 is 1.95 bits per heavy atom. The fourth-order valence-electron chi connectivity index (χ4n) is 2.87. The van der Waals surface area contributed by atoms with E-state index in [-0.39, 0.29) is 5.97 Å². The van der Waals surface area contributed by atoms with Gasteiger partial charge in [0.25, 0.3) is 0 Å². The summed E-state index contributed by atoms with van der Waals surface area (Å²) in [5.74, 6) is 1.05. The Morgan fingerprint density at radius 3 is 2.58 bits per heavy atom. The van der Waals surface area contributed by atoms with Crippen molar-refractivity contribution in [3.8, 4) is 5.75 Å². The highest BCUT2D eigenvalue weighted by Crippen LogP contribution is 2.29. The number of hydrogen-bond donors (Lipinski definition) is 0. The molecule has 1 aromatic rings. The summed E-state index contributed by atoms with van der Waals surface area (Å²) >= 11 is 0. The van der Waals surface area contributed by atoms with Crippen molar-refractivity contribution >= 4 is 5.97 Å². The maximum Gasteiger partial charge on any atom is 0.341 e. The molecule has 0 radical (unpaired) electrons. The third-order valence-electron chi connectivity index (χ3n) is 3.92. The number of methoxy groups -OCH3 is 2. The van der Waals surface area contributed by atoms with Crippen LogP contribution in [-0.4, -0.2) is 20.2 Å². The molecule has 0 unspecified atom stereocenters.